The molecule has 6 heteroatoms. The molecule has 1 aromatic heterocycles. The quantitative estimate of drug-likeness (QED) is 0.631. The number of hydrogen-bond donors (Lipinski definition) is 1. The summed E-state index contributed by atoms with van der Waals surface area (Å²) in [6.07, 6.45) is -0.426. The molecule has 28 heavy (non-hydrogen) atoms. The molecule has 3 nitrogen and oxygen atoms in total. The number of aliphatic hydroxyl groups is 1. The Morgan fingerprint density at radius 1 is 1.18 bits per heavy atom. The van der Waals surface area contributed by atoms with Crippen LogP contribution in [-0.2, 0) is 4.79 Å². The van der Waals surface area contributed by atoms with E-state index in [1.54, 1.807) is 24.1 Å². The van der Waals surface area contributed by atoms with Gasteiger partial charge in [0.2, 0.25) is 5.91 Å². The molecule has 144 valence electrons. The maximum absolute atomic E-state index is 13.4. The lowest BCUT2D eigenvalue weighted by molar-refractivity contribution is -0.128. The largest absolute Gasteiger partial charge is 0.385 e. The Bertz CT molecular complexity index is 1010. The second-order valence-corrected chi connectivity index (χ2v) is 8.51. The molecule has 1 N–H and O–H groups in total. The predicted molar refractivity (Wildman–Crippen MR) is 110 cm³/mol. The molecule has 1 aliphatic rings. The van der Waals surface area contributed by atoms with Crippen molar-refractivity contribution in [2.24, 2.45) is 0 Å². The fourth-order valence-electron chi connectivity index (χ4n) is 3.82. The average Bonchev–Trinajstić information content (AvgIpc) is 3.30. The second kappa shape index (κ2) is 7.66. The van der Waals surface area contributed by atoms with Gasteiger partial charge in [-0.25, -0.2) is 4.39 Å². The lowest BCUT2D eigenvalue weighted by Crippen LogP contribution is -2.36. The normalized spacial score (nSPS) is 20.6. The molecule has 0 saturated carbocycles. The number of hydrogen-bond acceptors (Lipinski definition) is 3. The van der Waals surface area contributed by atoms with Gasteiger partial charge in [-0.05, 0) is 35.4 Å². The molecule has 0 spiro atoms. The summed E-state index contributed by atoms with van der Waals surface area (Å²) in [4.78, 5) is 15.7. The fraction of sp³-hybridized carbons (Fsp3) is 0.227. The number of carbonyl (C=O) groups is 1. The van der Waals surface area contributed by atoms with Gasteiger partial charge in [0, 0.05) is 29.1 Å². The number of rotatable bonds is 4. The van der Waals surface area contributed by atoms with Crippen molar-refractivity contribution in [2.75, 3.05) is 7.05 Å². The molecule has 1 aliphatic heterocycles. The first-order valence-corrected chi connectivity index (χ1v) is 10.2. The Morgan fingerprint density at radius 3 is 2.64 bits per heavy atom. The minimum Gasteiger partial charge on any atom is -0.385 e. The van der Waals surface area contributed by atoms with Crippen molar-refractivity contribution >= 4 is 28.8 Å². The Balaban J connectivity index is 1.64. The summed E-state index contributed by atoms with van der Waals surface area (Å²) in [6, 6.07) is 17.8. The number of aliphatic hydroxyl groups excluding tert-OH is 1. The van der Waals surface area contributed by atoms with Gasteiger partial charge in [-0.15, -0.1) is 11.3 Å². The zero-order valence-electron chi connectivity index (χ0n) is 15.2. The van der Waals surface area contributed by atoms with Crippen LogP contribution in [0.1, 0.15) is 28.9 Å². The Kier molecular flexibility index (Phi) is 5.23. The van der Waals surface area contributed by atoms with Gasteiger partial charge in [0.05, 0.1) is 11.1 Å². The van der Waals surface area contributed by atoms with Crippen molar-refractivity contribution in [3.8, 4) is 10.4 Å². The molecule has 0 aliphatic carbocycles. The van der Waals surface area contributed by atoms with Gasteiger partial charge in [0.1, 0.15) is 11.9 Å². The van der Waals surface area contributed by atoms with E-state index in [0.29, 0.717) is 6.42 Å². The minimum atomic E-state index is -0.809. The summed E-state index contributed by atoms with van der Waals surface area (Å²) < 4.78 is 13.4. The monoisotopic (exact) mass is 415 g/mol. The van der Waals surface area contributed by atoms with E-state index in [0.717, 1.165) is 20.9 Å². The lowest BCUT2D eigenvalue weighted by Gasteiger charge is -2.29. The zero-order valence-corrected chi connectivity index (χ0v) is 16.8. The summed E-state index contributed by atoms with van der Waals surface area (Å²) in [5.41, 5.74) is 1.84. The van der Waals surface area contributed by atoms with E-state index in [9.17, 15) is 14.3 Å². The van der Waals surface area contributed by atoms with Crippen molar-refractivity contribution in [3.63, 3.8) is 0 Å². The van der Waals surface area contributed by atoms with E-state index >= 15 is 0 Å². The Hall–Kier alpha value is -2.21. The van der Waals surface area contributed by atoms with Crippen LogP contribution in [0.4, 0.5) is 4.39 Å². The number of nitrogens with zero attached hydrogens (tertiary/aromatic N) is 1. The van der Waals surface area contributed by atoms with E-state index in [1.807, 2.05) is 42.5 Å². The fourth-order valence-corrected chi connectivity index (χ4v) is 5.03. The van der Waals surface area contributed by atoms with Crippen molar-refractivity contribution < 1.29 is 14.3 Å². The average molecular weight is 416 g/mol. The molecule has 0 radical (unpaired) electrons. The van der Waals surface area contributed by atoms with Crippen LogP contribution in [0.3, 0.4) is 0 Å². The van der Waals surface area contributed by atoms with Crippen molar-refractivity contribution in [1.82, 2.24) is 4.90 Å². The summed E-state index contributed by atoms with van der Waals surface area (Å²) >= 11 is 7.32. The molecule has 1 saturated heterocycles. The van der Waals surface area contributed by atoms with Crippen LogP contribution in [0, 0.1) is 5.82 Å². The summed E-state index contributed by atoms with van der Waals surface area (Å²) in [5.74, 6) is -0.501. The summed E-state index contributed by atoms with van der Waals surface area (Å²) in [5, 5.41) is 11.2. The SMILES string of the molecule is CN1C(=O)CC(c2ccccc2)C1[C@H](O)c1ccc(-c2ccc(F)c(Cl)c2)s1. The molecule has 3 aromatic rings. The van der Waals surface area contributed by atoms with Gasteiger partial charge in [0.15, 0.2) is 0 Å². The van der Waals surface area contributed by atoms with E-state index in [4.69, 9.17) is 11.6 Å². The van der Waals surface area contributed by atoms with Crippen molar-refractivity contribution in [2.45, 2.75) is 24.5 Å². The first-order chi connectivity index (χ1) is 13.5. The van der Waals surface area contributed by atoms with Gasteiger partial charge in [0.25, 0.3) is 0 Å². The smallest absolute Gasteiger partial charge is 0.223 e. The van der Waals surface area contributed by atoms with E-state index in [1.165, 1.54) is 17.4 Å². The molecular formula is C22H19ClFNO2S. The highest BCUT2D eigenvalue weighted by Crippen LogP contribution is 2.42. The van der Waals surface area contributed by atoms with Crippen LogP contribution >= 0.6 is 22.9 Å². The Morgan fingerprint density at radius 2 is 1.93 bits per heavy atom. The topological polar surface area (TPSA) is 40.5 Å². The van der Waals surface area contributed by atoms with Gasteiger partial charge < -0.3 is 10.0 Å². The number of likely N-dealkylation sites (N-methyl/N-ethyl adjacent to an activating group) is 1. The molecular weight excluding hydrogens is 397 g/mol. The molecule has 2 unspecified atom stereocenters. The van der Waals surface area contributed by atoms with Gasteiger partial charge in [-0.3, -0.25) is 4.79 Å². The van der Waals surface area contributed by atoms with Crippen LogP contribution in [0.25, 0.3) is 10.4 Å². The van der Waals surface area contributed by atoms with Crippen LogP contribution in [0.2, 0.25) is 5.02 Å². The summed E-state index contributed by atoms with van der Waals surface area (Å²) in [6.45, 7) is 0. The molecule has 1 amide bonds. The van der Waals surface area contributed by atoms with Crippen LogP contribution in [0.15, 0.2) is 60.7 Å². The number of carbonyl (C=O) groups excluding carboxylic acids is 1. The minimum absolute atomic E-state index is 0.0278. The molecule has 1 fully saturated rings. The first-order valence-electron chi connectivity index (χ1n) is 8.99. The Labute approximate surface area is 172 Å². The predicted octanol–water partition coefficient (Wildman–Crippen LogP) is 5.26. The van der Waals surface area contributed by atoms with Crippen LogP contribution < -0.4 is 0 Å². The maximum Gasteiger partial charge on any atom is 0.223 e. The third-order valence-corrected chi connectivity index (χ3v) is 6.82. The number of thiophene rings is 1. The van der Waals surface area contributed by atoms with E-state index in [2.05, 4.69) is 0 Å². The second-order valence-electron chi connectivity index (χ2n) is 6.99. The lowest BCUT2D eigenvalue weighted by atomic mass is 9.88. The van der Waals surface area contributed by atoms with Crippen molar-refractivity contribution in [3.05, 3.63) is 81.9 Å². The summed E-state index contributed by atoms with van der Waals surface area (Å²) in [7, 11) is 1.74. The molecule has 2 aromatic carbocycles. The van der Waals surface area contributed by atoms with E-state index in [-0.39, 0.29) is 22.9 Å². The highest BCUT2D eigenvalue weighted by atomic mass is 35.5. The number of benzene rings is 2. The van der Waals surface area contributed by atoms with E-state index < -0.39 is 11.9 Å². The number of likely N-dealkylation sites (tertiary alicyclic amines) is 1. The number of halogens is 2. The molecule has 3 atom stereocenters. The molecule has 2 heterocycles. The molecule has 0 bridgehead atoms. The third-order valence-electron chi connectivity index (χ3n) is 5.32. The van der Waals surface area contributed by atoms with Gasteiger partial charge in [-0.1, -0.05) is 48.0 Å². The highest BCUT2D eigenvalue weighted by molar-refractivity contribution is 7.15. The van der Waals surface area contributed by atoms with Crippen molar-refractivity contribution in [1.29, 1.82) is 0 Å². The first kappa shape index (κ1) is 19.1. The number of amides is 1. The van der Waals surface area contributed by atoms with Gasteiger partial charge in [-0.2, -0.15) is 0 Å². The van der Waals surface area contributed by atoms with Crippen LogP contribution in [-0.4, -0.2) is 29.0 Å². The van der Waals surface area contributed by atoms with Crippen LogP contribution in [0.5, 0.6) is 0 Å². The maximum atomic E-state index is 13.4. The zero-order chi connectivity index (χ0) is 19.8. The highest BCUT2D eigenvalue weighted by Gasteiger charge is 2.43. The third kappa shape index (κ3) is 3.46. The molecule has 4 rings (SSSR count). The van der Waals surface area contributed by atoms with Gasteiger partial charge >= 0.3 is 0 Å². The standard InChI is InChI=1S/C22H19ClFNO2S/c1-25-20(26)12-15(13-5-3-2-4-6-13)21(25)22(27)19-10-9-18(28-19)14-7-8-17(24)16(23)11-14/h2-11,15,21-22,27H,12H2,1H3/t15?,21?,22-/m1/s1.